The van der Waals surface area contributed by atoms with E-state index in [9.17, 15) is 19.7 Å². The predicted molar refractivity (Wildman–Crippen MR) is 124 cm³/mol. The Labute approximate surface area is 216 Å². The van der Waals surface area contributed by atoms with Gasteiger partial charge in [-0.1, -0.05) is 51.6 Å². The maximum atomic E-state index is 12.2. The minimum Gasteiger partial charge on any atom is -0.482 e. The molecule has 17 heteroatoms. The molecule has 2 aromatic heterocycles. The van der Waals surface area contributed by atoms with Crippen molar-refractivity contribution >= 4 is 64.0 Å². The minimum absolute atomic E-state index is 0.0515. The van der Waals surface area contributed by atoms with Crippen molar-refractivity contribution in [3.8, 4) is 5.75 Å². The lowest BCUT2D eigenvalue weighted by molar-refractivity contribution is -0.389. The van der Waals surface area contributed by atoms with E-state index in [1.807, 2.05) is 0 Å². The number of ether oxygens (including phenoxy) is 1. The van der Waals surface area contributed by atoms with Crippen molar-refractivity contribution in [1.29, 1.82) is 0 Å². The maximum absolute atomic E-state index is 12.2. The number of nitro groups is 1. The molecule has 3 rings (SSSR count). The van der Waals surface area contributed by atoms with Gasteiger partial charge in [-0.05, 0) is 17.9 Å². The minimum atomic E-state index is -0.714. The molecule has 35 heavy (non-hydrogen) atoms. The van der Waals surface area contributed by atoms with Crippen molar-refractivity contribution in [2.24, 2.45) is 0 Å². The van der Waals surface area contributed by atoms with Crippen molar-refractivity contribution in [3.63, 3.8) is 0 Å². The molecule has 0 spiro atoms. The molecule has 3 aromatic rings. The monoisotopic (exact) mass is 565 g/mol. The van der Waals surface area contributed by atoms with Crippen molar-refractivity contribution in [1.82, 2.24) is 30.6 Å². The number of hydrogen-bond donors (Lipinski definition) is 2. The number of aromatic nitrogens is 4. The molecule has 1 aromatic carbocycles. The molecular formula is C18H15Cl4N7O6. The van der Waals surface area contributed by atoms with E-state index in [1.165, 1.54) is 23.7 Å². The van der Waals surface area contributed by atoms with Gasteiger partial charge in [0, 0.05) is 19.2 Å². The lowest BCUT2D eigenvalue weighted by Crippen LogP contribution is -2.36. The Morgan fingerprint density at radius 3 is 2.51 bits per heavy atom. The fraction of sp³-hybridized carbons (Fsp3) is 0.278. The van der Waals surface area contributed by atoms with Crippen LogP contribution in [0.5, 0.6) is 5.75 Å². The standard InChI is InChI=1S/C18H15Cl4N7O6/c1-8-15(22)16(29(32)33)26-28(8)6-13-25-18(35-27-13)17(31)24-3-2-23-14(30)7-34-12-5-10(20)9(19)4-11(12)21/h4-5H,2-3,6-7H2,1H3,(H,23,30)(H,24,31). The number of amides is 2. The van der Waals surface area contributed by atoms with Crippen LogP contribution < -0.4 is 15.4 Å². The molecule has 0 saturated heterocycles. The Hall–Kier alpha value is -3.13. The third-order valence-corrected chi connectivity index (χ3v) is 5.77. The third-order valence-electron chi connectivity index (χ3n) is 4.31. The van der Waals surface area contributed by atoms with Crippen molar-refractivity contribution in [3.05, 3.63) is 59.7 Å². The van der Waals surface area contributed by atoms with Gasteiger partial charge in [0.15, 0.2) is 17.5 Å². The van der Waals surface area contributed by atoms with Gasteiger partial charge in [-0.2, -0.15) is 9.67 Å². The second kappa shape index (κ2) is 11.5. The number of halogens is 4. The summed E-state index contributed by atoms with van der Waals surface area (Å²) in [5.41, 5.74) is 0.329. The first-order valence-corrected chi connectivity index (χ1v) is 11.1. The average Bonchev–Trinajstić information content (AvgIpc) is 3.38. The third kappa shape index (κ3) is 6.72. The molecule has 0 aliphatic heterocycles. The fourth-order valence-corrected chi connectivity index (χ4v) is 3.38. The van der Waals surface area contributed by atoms with E-state index >= 15 is 0 Å². The normalized spacial score (nSPS) is 10.8. The second-order valence-corrected chi connectivity index (χ2v) is 8.34. The number of carbonyl (C=O) groups excluding carboxylic acids is 2. The van der Waals surface area contributed by atoms with E-state index in [0.717, 1.165) is 0 Å². The SMILES string of the molecule is Cc1c(Cl)c([N+](=O)[O-])nn1Cc1noc(C(=O)NCCNC(=O)COc2cc(Cl)c(Cl)cc2Cl)n1. The zero-order chi connectivity index (χ0) is 25.7. The number of nitrogens with zero attached hydrogens (tertiary/aromatic N) is 5. The van der Waals surface area contributed by atoms with Crippen LogP contribution in [0.15, 0.2) is 16.7 Å². The molecule has 13 nitrogen and oxygen atoms in total. The summed E-state index contributed by atoms with van der Waals surface area (Å²) in [5, 5.41) is 24.0. The lowest BCUT2D eigenvalue weighted by atomic mass is 10.3. The number of rotatable bonds is 10. The maximum Gasteiger partial charge on any atom is 0.408 e. The summed E-state index contributed by atoms with van der Waals surface area (Å²) in [4.78, 5) is 38.2. The molecule has 2 heterocycles. The molecule has 0 radical (unpaired) electrons. The number of benzene rings is 1. The van der Waals surface area contributed by atoms with E-state index in [0.29, 0.717) is 5.69 Å². The molecule has 0 bridgehead atoms. The van der Waals surface area contributed by atoms with E-state index in [2.05, 4.69) is 25.9 Å². The topological polar surface area (TPSA) is 167 Å². The first-order valence-electron chi connectivity index (χ1n) is 9.59. The summed E-state index contributed by atoms with van der Waals surface area (Å²) in [7, 11) is 0. The second-order valence-electron chi connectivity index (χ2n) is 6.74. The molecule has 186 valence electrons. The van der Waals surface area contributed by atoms with Crippen molar-refractivity contribution in [2.75, 3.05) is 19.7 Å². The van der Waals surface area contributed by atoms with Gasteiger partial charge >= 0.3 is 17.6 Å². The zero-order valence-electron chi connectivity index (χ0n) is 17.7. The van der Waals surface area contributed by atoms with Crippen LogP contribution in [0.4, 0.5) is 5.82 Å². The molecular weight excluding hydrogens is 552 g/mol. The molecule has 0 aliphatic carbocycles. The molecule has 0 saturated carbocycles. The number of carbonyl (C=O) groups is 2. The van der Waals surface area contributed by atoms with Crippen molar-refractivity contribution < 1.29 is 23.8 Å². The van der Waals surface area contributed by atoms with Gasteiger partial charge in [0.2, 0.25) is 0 Å². The van der Waals surface area contributed by atoms with E-state index in [-0.39, 0.29) is 63.8 Å². The van der Waals surface area contributed by atoms with E-state index in [1.54, 1.807) is 0 Å². The van der Waals surface area contributed by atoms with Crippen LogP contribution in [0.2, 0.25) is 20.1 Å². The summed E-state index contributed by atoms with van der Waals surface area (Å²) in [5.74, 6) is -1.74. The molecule has 2 N–H and O–H groups in total. The summed E-state index contributed by atoms with van der Waals surface area (Å²) >= 11 is 23.6. The molecule has 0 aliphatic rings. The number of hydrogen-bond acceptors (Lipinski definition) is 9. The predicted octanol–water partition coefficient (Wildman–Crippen LogP) is 3.07. The zero-order valence-corrected chi connectivity index (χ0v) is 20.7. The van der Waals surface area contributed by atoms with E-state index < -0.39 is 22.6 Å². The van der Waals surface area contributed by atoms with Crippen LogP contribution in [0, 0.1) is 17.0 Å². The fourth-order valence-electron chi connectivity index (χ4n) is 2.59. The highest BCUT2D eigenvalue weighted by molar-refractivity contribution is 6.43. The Morgan fingerprint density at radius 1 is 1.14 bits per heavy atom. The van der Waals surface area contributed by atoms with Gasteiger partial charge < -0.3 is 30.0 Å². The van der Waals surface area contributed by atoms with Gasteiger partial charge in [0.25, 0.3) is 5.91 Å². The van der Waals surface area contributed by atoms with Crippen LogP contribution in [-0.2, 0) is 11.3 Å². The summed E-state index contributed by atoms with van der Waals surface area (Å²) in [6.45, 7) is 1.23. The van der Waals surface area contributed by atoms with Gasteiger partial charge in [0.1, 0.15) is 12.3 Å². The van der Waals surface area contributed by atoms with Crippen LogP contribution >= 0.6 is 46.4 Å². The highest BCUT2D eigenvalue weighted by atomic mass is 35.5. The highest BCUT2D eigenvalue weighted by Crippen LogP contribution is 2.33. The Bertz CT molecular complexity index is 1280. The molecule has 2 amide bonds. The Balaban J connectivity index is 1.43. The van der Waals surface area contributed by atoms with Crippen molar-refractivity contribution in [2.45, 2.75) is 13.5 Å². The van der Waals surface area contributed by atoms with Gasteiger partial charge in [-0.25, -0.2) is 0 Å². The van der Waals surface area contributed by atoms with E-state index in [4.69, 9.17) is 55.7 Å². The van der Waals surface area contributed by atoms with Gasteiger partial charge in [-0.3, -0.25) is 9.59 Å². The van der Waals surface area contributed by atoms with Crippen LogP contribution in [-0.4, -0.2) is 56.4 Å². The smallest absolute Gasteiger partial charge is 0.408 e. The Morgan fingerprint density at radius 2 is 1.83 bits per heavy atom. The summed E-state index contributed by atoms with van der Waals surface area (Å²) in [6, 6.07) is 2.79. The first kappa shape index (κ1) is 26.5. The summed E-state index contributed by atoms with van der Waals surface area (Å²) in [6.07, 6.45) is 0. The van der Waals surface area contributed by atoms with Gasteiger partial charge in [0.05, 0.1) is 25.9 Å². The quantitative estimate of drug-likeness (QED) is 0.162. The summed E-state index contributed by atoms with van der Waals surface area (Å²) < 4.78 is 11.4. The van der Waals surface area contributed by atoms with Crippen LogP contribution in [0.3, 0.4) is 0 Å². The van der Waals surface area contributed by atoms with Crippen LogP contribution in [0.25, 0.3) is 0 Å². The largest absolute Gasteiger partial charge is 0.482 e. The number of nitrogens with one attached hydrogen (secondary N) is 2. The Kier molecular flexibility index (Phi) is 8.72. The average molecular weight is 567 g/mol. The molecule has 0 unspecified atom stereocenters. The van der Waals surface area contributed by atoms with Gasteiger partial charge in [-0.15, -0.1) is 0 Å². The van der Waals surface area contributed by atoms with Crippen LogP contribution in [0.1, 0.15) is 22.2 Å². The molecule has 0 fully saturated rings. The first-order chi connectivity index (χ1) is 16.6. The molecule has 0 atom stereocenters. The lowest BCUT2D eigenvalue weighted by Gasteiger charge is -2.10. The highest BCUT2D eigenvalue weighted by Gasteiger charge is 2.25.